The van der Waals surface area contributed by atoms with Crippen molar-refractivity contribution < 1.29 is 4.79 Å². The highest BCUT2D eigenvalue weighted by atomic mass is 32.1. The Balaban J connectivity index is 1.16. The van der Waals surface area contributed by atoms with E-state index in [2.05, 4.69) is 37.9 Å². The topological polar surface area (TPSA) is 39.7 Å². The van der Waals surface area contributed by atoms with Crippen molar-refractivity contribution in [1.82, 2.24) is 19.7 Å². The Morgan fingerprint density at radius 3 is 2.68 bits per heavy atom. The van der Waals surface area contributed by atoms with Gasteiger partial charge in [0.15, 0.2) is 0 Å². The first-order valence-corrected chi connectivity index (χ1v) is 11.4. The van der Waals surface area contributed by atoms with E-state index in [4.69, 9.17) is 0 Å². The first-order chi connectivity index (χ1) is 13.8. The van der Waals surface area contributed by atoms with Crippen molar-refractivity contribution in [1.29, 1.82) is 0 Å². The predicted octanol–water partition coefficient (Wildman–Crippen LogP) is 2.86. The van der Waals surface area contributed by atoms with Gasteiger partial charge in [0.25, 0.3) is 0 Å². The molecule has 3 heterocycles. The molecule has 5 rings (SSSR count). The maximum absolute atomic E-state index is 12.8. The van der Waals surface area contributed by atoms with Crippen molar-refractivity contribution in [2.75, 3.05) is 39.3 Å². The third-order valence-corrected chi connectivity index (χ3v) is 7.45. The minimum atomic E-state index is 0.304. The zero-order chi connectivity index (χ0) is 18.9. The first kappa shape index (κ1) is 18.3. The van der Waals surface area contributed by atoms with Crippen LogP contribution in [-0.4, -0.2) is 70.9 Å². The Morgan fingerprint density at radius 1 is 1.11 bits per heavy atom. The number of benzene rings is 1. The van der Waals surface area contributed by atoms with Gasteiger partial charge in [-0.2, -0.15) is 0 Å². The average molecular weight is 397 g/mol. The van der Waals surface area contributed by atoms with Crippen LogP contribution in [0.2, 0.25) is 0 Å². The van der Waals surface area contributed by atoms with Gasteiger partial charge in [0.1, 0.15) is 0 Å². The molecule has 148 valence electrons. The molecule has 1 amide bonds. The number of carbonyl (C=O) groups is 1. The van der Waals surface area contributed by atoms with E-state index in [1.54, 1.807) is 11.3 Å². The lowest BCUT2D eigenvalue weighted by Gasteiger charge is -2.43. The second kappa shape index (κ2) is 7.93. The number of hydrogen-bond donors (Lipinski definition) is 0. The number of carbonyl (C=O) groups excluding carboxylic acids is 1. The third kappa shape index (κ3) is 3.73. The van der Waals surface area contributed by atoms with E-state index < -0.39 is 0 Å². The summed E-state index contributed by atoms with van der Waals surface area (Å²) in [6.45, 7) is 6.31. The van der Waals surface area contributed by atoms with Crippen LogP contribution in [0.3, 0.4) is 0 Å². The molecular weight excluding hydrogens is 368 g/mol. The van der Waals surface area contributed by atoms with E-state index in [9.17, 15) is 4.79 Å². The molecule has 1 aromatic carbocycles. The zero-order valence-corrected chi connectivity index (χ0v) is 17.2. The number of nitrogens with zero attached hydrogens (tertiary/aromatic N) is 4. The largest absolute Gasteiger partial charge is 0.339 e. The maximum Gasteiger partial charge on any atom is 0.236 e. The van der Waals surface area contributed by atoms with Crippen LogP contribution in [0.15, 0.2) is 29.9 Å². The Labute approximate surface area is 171 Å². The lowest BCUT2D eigenvalue weighted by atomic mass is 9.91. The van der Waals surface area contributed by atoms with Gasteiger partial charge in [-0.15, -0.1) is 11.3 Å². The molecule has 5 nitrogen and oxygen atoms in total. The minimum absolute atomic E-state index is 0.304. The van der Waals surface area contributed by atoms with Crippen molar-refractivity contribution in [3.63, 3.8) is 0 Å². The summed E-state index contributed by atoms with van der Waals surface area (Å²) < 4.78 is 0. The van der Waals surface area contributed by atoms with E-state index in [0.717, 1.165) is 51.7 Å². The molecule has 1 aromatic heterocycles. The van der Waals surface area contributed by atoms with Crippen LogP contribution >= 0.6 is 11.3 Å². The van der Waals surface area contributed by atoms with Crippen molar-refractivity contribution >= 4 is 17.2 Å². The van der Waals surface area contributed by atoms with Gasteiger partial charge in [-0.05, 0) is 42.0 Å². The van der Waals surface area contributed by atoms with Crippen LogP contribution in [-0.2, 0) is 17.8 Å². The number of piperazine rings is 1. The van der Waals surface area contributed by atoms with E-state index in [-0.39, 0.29) is 0 Å². The van der Waals surface area contributed by atoms with Gasteiger partial charge in [-0.1, -0.05) is 18.6 Å². The fourth-order valence-corrected chi connectivity index (χ4v) is 5.26. The zero-order valence-electron chi connectivity index (χ0n) is 16.3. The number of thiazole rings is 1. The van der Waals surface area contributed by atoms with Crippen LogP contribution < -0.4 is 0 Å². The average Bonchev–Trinajstić information content (AvgIpc) is 3.21. The Bertz CT molecular complexity index is 825. The molecule has 28 heavy (non-hydrogen) atoms. The number of amides is 1. The summed E-state index contributed by atoms with van der Waals surface area (Å²) in [7, 11) is 0. The second-order valence-corrected chi connectivity index (χ2v) is 9.20. The number of hydrogen-bond acceptors (Lipinski definition) is 5. The minimum Gasteiger partial charge on any atom is -0.339 e. The summed E-state index contributed by atoms with van der Waals surface area (Å²) in [5.74, 6) is 0.304. The third-order valence-electron chi connectivity index (χ3n) is 6.63. The standard InChI is InChI=1S/C22H28N4OS/c27-22(26-10-8-25(9-11-26)20-2-1-3-20)15-24-7-6-17-12-18(4-5-19(17)14-24)21-13-23-16-28-21/h4-5,12-13,16,20H,1-3,6-11,14-15H2. The number of fused-ring (bicyclic) bond motifs is 1. The molecular formula is C22H28N4OS. The van der Waals surface area contributed by atoms with Gasteiger partial charge in [0, 0.05) is 51.5 Å². The van der Waals surface area contributed by atoms with E-state index in [0.29, 0.717) is 12.5 Å². The first-order valence-electron chi connectivity index (χ1n) is 10.5. The van der Waals surface area contributed by atoms with Crippen LogP contribution in [0, 0.1) is 0 Å². The molecule has 0 bridgehead atoms. The normalized spacial score (nSPS) is 21.4. The summed E-state index contributed by atoms with van der Waals surface area (Å²) in [6.07, 6.45) is 7.04. The summed E-state index contributed by atoms with van der Waals surface area (Å²) in [4.78, 5) is 25.2. The second-order valence-electron chi connectivity index (χ2n) is 8.31. The van der Waals surface area contributed by atoms with Crippen LogP contribution in [0.4, 0.5) is 0 Å². The molecule has 6 heteroatoms. The number of rotatable bonds is 4. The van der Waals surface area contributed by atoms with Gasteiger partial charge in [-0.3, -0.25) is 19.6 Å². The van der Waals surface area contributed by atoms with Crippen molar-refractivity contribution in [2.45, 2.75) is 38.3 Å². The van der Waals surface area contributed by atoms with Gasteiger partial charge < -0.3 is 4.90 Å². The maximum atomic E-state index is 12.8. The van der Waals surface area contributed by atoms with Crippen molar-refractivity contribution in [3.8, 4) is 10.4 Å². The molecule has 0 unspecified atom stereocenters. The van der Waals surface area contributed by atoms with Gasteiger partial charge in [0.2, 0.25) is 5.91 Å². The fourth-order valence-electron chi connectivity index (χ4n) is 4.64. The summed E-state index contributed by atoms with van der Waals surface area (Å²) in [6, 6.07) is 7.53. The molecule has 3 aliphatic rings. The smallest absolute Gasteiger partial charge is 0.236 e. The summed E-state index contributed by atoms with van der Waals surface area (Å²) in [5.41, 5.74) is 5.93. The van der Waals surface area contributed by atoms with Gasteiger partial charge >= 0.3 is 0 Å². The number of aromatic nitrogens is 1. The highest BCUT2D eigenvalue weighted by Gasteiger charge is 2.30. The van der Waals surface area contributed by atoms with E-state index in [1.807, 2.05) is 11.7 Å². The SMILES string of the molecule is O=C(CN1CCc2cc(-c3cncs3)ccc2C1)N1CCN(C2CCC2)CC1. The van der Waals surface area contributed by atoms with Crippen LogP contribution in [0.25, 0.3) is 10.4 Å². The monoisotopic (exact) mass is 396 g/mol. The predicted molar refractivity (Wildman–Crippen MR) is 112 cm³/mol. The molecule has 2 aliphatic heterocycles. The van der Waals surface area contributed by atoms with Crippen LogP contribution in [0.1, 0.15) is 30.4 Å². The molecule has 1 saturated carbocycles. The Hall–Kier alpha value is -1.76. The summed E-state index contributed by atoms with van der Waals surface area (Å²) in [5, 5.41) is 0. The van der Waals surface area contributed by atoms with Gasteiger partial charge in [-0.25, -0.2) is 0 Å². The molecule has 2 aromatic rings. The molecule has 1 aliphatic carbocycles. The molecule has 0 radical (unpaired) electrons. The quantitative estimate of drug-likeness (QED) is 0.797. The molecule has 2 fully saturated rings. The lowest BCUT2D eigenvalue weighted by Crippen LogP contribution is -2.55. The Morgan fingerprint density at radius 2 is 1.96 bits per heavy atom. The van der Waals surface area contributed by atoms with Crippen molar-refractivity contribution in [3.05, 3.63) is 41.0 Å². The van der Waals surface area contributed by atoms with Gasteiger partial charge in [0.05, 0.1) is 16.9 Å². The highest BCUT2D eigenvalue weighted by molar-refractivity contribution is 7.13. The van der Waals surface area contributed by atoms with Crippen LogP contribution in [0.5, 0.6) is 0 Å². The molecule has 1 saturated heterocycles. The summed E-state index contributed by atoms with van der Waals surface area (Å²) >= 11 is 1.68. The lowest BCUT2D eigenvalue weighted by molar-refractivity contribution is -0.135. The van der Waals surface area contributed by atoms with E-state index >= 15 is 0 Å². The molecule has 0 spiro atoms. The van der Waals surface area contributed by atoms with E-state index in [1.165, 1.54) is 40.8 Å². The molecule has 0 atom stereocenters. The fraction of sp³-hybridized carbons (Fsp3) is 0.545. The van der Waals surface area contributed by atoms with Crippen molar-refractivity contribution in [2.24, 2.45) is 0 Å². The Kier molecular flexibility index (Phi) is 5.18. The molecule has 0 N–H and O–H groups in total. The highest BCUT2D eigenvalue weighted by Crippen LogP contribution is 2.29.